The molecule has 0 saturated carbocycles. The Balaban J connectivity index is 1.76. The molecule has 2 N–H and O–H groups in total. The molecule has 0 aliphatic carbocycles. The Labute approximate surface area is 181 Å². The minimum absolute atomic E-state index is 0.0605. The van der Waals surface area contributed by atoms with E-state index in [-0.39, 0.29) is 10.9 Å². The molecule has 0 radical (unpaired) electrons. The van der Waals surface area contributed by atoms with Gasteiger partial charge in [-0.05, 0) is 47.5 Å². The summed E-state index contributed by atoms with van der Waals surface area (Å²) in [5.74, 6) is 1.29. The van der Waals surface area contributed by atoms with Gasteiger partial charge in [-0.15, -0.1) is 0 Å². The summed E-state index contributed by atoms with van der Waals surface area (Å²) in [5, 5.41) is 12.0. The minimum atomic E-state index is -3.76. The summed E-state index contributed by atoms with van der Waals surface area (Å²) in [7, 11) is -0.561. The quantitative estimate of drug-likeness (QED) is 0.634. The van der Waals surface area contributed by atoms with Crippen LogP contribution in [-0.4, -0.2) is 28.3 Å². The van der Waals surface area contributed by atoms with Crippen LogP contribution < -0.4 is 19.6 Å². The van der Waals surface area contributed by atoms with Gasteiger partial charge in [-0.25, -0.2) is 13.6 Å². The van der Waals surface area contributed by atoms with Crippen LogP contribution >= 0.6 is 0 Å². The molecule has 0 spiro atoms. The first-order valence-electron chi connectivity index (χ1n) is 9.67. The van der Waals surface area contributed by atoms with Crippen LogP contribution in [0.5, 0.6) is 11.5 Å². The highest BCUT2D eigenvalue weighted by Crippen LogP contribution is 2.39. The molecule has 8 heteroatoms. The predicted molar refractivity (Wildman–Crippen MR) is 120 cm³/mol. The number of nitrogens with zero attached hydrogens (tertiary/aromatic N) is 2. The van der Waals surface area contributed by atoms with Gasteiger partial charge in [0.15, 0.2) is 11.5 Å². The Kier molecular flexibility index (Phi) is 5.67. The highest BCUT2D eigenvalue weighted by Gasteiger charge is 2.30. The molecule has 1 aliphatic heterocycles. The third kappa shape index (κ3) is 4.26. The van der Waals surface area contributed by atoms with Crippen molar-refractivity contribution in [3.05, 3.63) is 83.9 Å². The van der Waals surface area contributed by atoms with E-state index >= 15 is 0 Å². The fourth-order valence-electron chi connectivity index (χ4n) is 3.66. The molecule has 3 aromatic carbocycles. The number of hydrazone groups is 1. The van der Waals surface area contributed by atoms with E-state index in [4.69, 9.17) is 19.7 Å². The van der Waals surface area contributed by atoms with Crippen LogP contribution in [0.3, 0.4) is 0 Å². The zero-order valence-electron chi connectivity index (χ0n) is 17.2. The van der Waals surface area contributed by atoms with E-state index in [1.54, 1.807) is 26.4 Å². The number of methoxy groups -OCH3 is 2. The second-order valence-corrected chi connectivity index (χ2v) is 8.69. The molecule has 0 aromatic heterocycles. The zero-order chi connectivity index (χ0) is 22.0. The molecule has 31 heavy (non-hydrogen) atoms. The van der Waals surface area contributed by atoms with Crippen LogP contribution in [0.1, 0.15) is 23.6 Å². The molecule has 0 saturated heterocycles. The molecule has 1 heterocycles. The van der Waals surface area contributed by atoms with Gasteiger partial charge >= 0.3 is 0 Å². The van der Waals surface area contributed by atoms with Gasteiger partial charge in [-0.2, -0.15) is 5.10 Å². The number of sulfonamides is 1. The van der Waals surface area contributed by atoms with E-state index in [1.807, 2.05) is 53.5 Å². The number of anilines is 1. The maximum Gasteiger partial charge on any atom is 0.238 e. The van der Waals surface area contributed by atoms with Crippen LogP contribution in [0.2, 0.25) is 0 Å². The second-order valence-electron chi connectivity index (χ2n) is 7.13. The topological polar surface area (TPSA) is 94.2 Å². The molecule has 160 valence electrons. The molecular weight excluding hydrogens is 414 g/mol. The van der Waals surface area contributed by atoms with Crippen LogP contribution in [0, 0.1) is 0 Å². The fraction of sp³-hybridized carbons (Fsp3) is 0.174. The van der Waals surface area contributed by atoms with Gasteiger partial charge in [0.05, 0.1) is 36.6 Å². The van der Waals surface area contributed by atoms with Crippen molar-refractivity contribution in [1.82, 2.24) is 0 Å². The first-order valence-corrected chi connectivity index (χ1v) is 11.2. The van der Waals surface area contributed by atoms with Crippen LogP contribution in [0.4, 0.5) is 5.69 Å². The summed E-state index contributed by atoms with van der Waals surface area (Å²) in [6, 6.07) is 22.1. The van der Waals surface area contributed by atoms with Gasteiger partial charge in [-0.3, -0.25) is 5.01 Å². The van der Waals surface area contributed by atoms with E-state index in [2.05, 4.69) is 0 Å². The third-order valence-corrected chi connectivity index (χ3v) is 6.17. The second kappa shape index (κ2) is 8.41. The van der Waals surface area contributed by atoms with Gasteiger partial charge in [0, 0.05) is 6.42 Å². The number of ether oxygens (including phenoxy) is 2. The SMILES string of the molecule is COc1ccc([C@@H]2CC(c3ccccc3)=NN2c2ccc(S(N)(=O)=O)cc2)cc1OC. The number of hydrogen-bond donors (Lipinski definition) is 1. The number of rotatable bonds is 6. The summed E-state index contributed by atoms with van der Waals surface area (Å²) in [6.45, 7) is 0. The van der Waals surface area contributed by atoms with E-state index in [1.165, 1.54) is 12.1 Å². The van der Waals surface area contributed by atoms with Crippen molar-refractivity contribution in [3.63, 3.8) is 0 Å². The van der Waals surface area contributed by atoms with Crippen molar-refractivity contribution >= 4 is 21.4 Å². The largest absolute Gasteiger partial charge is 0.493 e. The standard InChI is InChI=1S/C23H23N3O4S/c1-29-22-13-8-17(14-23(22)30-2)21-15-20(16-6-4-3-5-7-16)25-26(21)18-9-11-19(12-10-18)31(24,27)28/h3-14,21H,15H2,1-2H3,(H2,24,27,28)/t21-/m0/s1. The molecule has 0 fully saturated rings. The lowest BCUT2D eigenvalue weighted by Gasteiger charge is -2.24. The average Bonchev–Trinajstić information content (AvgIpc) is 3.24. The molecule has 1 aliphatic rings. The first kappa shape index (κ1) is 20.9. The highest BCUT2D eigenvalue weighted by molar-refractivity contribution is 7.89. The first-order chi connectivity index (χ1) is 14.9. The lowest BCUT2D eigenvalue weighted by atomic mass is 9.98. The Hall–Kier alpha value is -3.36. The number of nitrogens with two attached hydrogens (primary N) is 1. The summed E-state index contributed by atoms with van der Waals surface area (Å²) in [6.07, 6.45) is 0.677. The van der Waals surface area contributed by atoms with Crippen molar-refractivity contribution in [2.24, 2.45) is 10.2 Å². The van der Waals surface area contributed by atoms with Crippen LogP contribution in [-0.2, 0) is 10.0 Å². The monoisotopic (exact) mass is 437 g/mol. The third-order valence-electron chi connectivity index (χ3n) is 5.24. The Morgan fingerprint density at radius 2 is 1.61 bits per heavy atom. The highest BCUT2D eigenvalue weighted by atomic mass is 32.2. The Morgan fingerprint density at radius 1 is 0.935 bits per heavy atom. The molecule has 0 bridgehead atoms. The molecule has 1 atom stereocenters. The van der Waals surface area contributed by atoms with Crippen LogP contribution in [0.25, 0.3) is 0 Å². The zero-order valence-corrected chi connectivity index (χ0v) is 18.0. The molecule has 7 nitrogen and oxygen atoms in total. The van der Waals surface area contributed by atoms with E-state index in [0.717, 1.165) is 22.5 Å². The van der Waals surface area contributed by atoms with Crippen molar-refractivity contribution in [2.75, 3.05) is 19.2 Å². The summed E-state index contributed by atoms with van der Waals surface area (Å²) in [5.41, 5.74) is 3.74. The van der Waals surface area contributed by atoms with E-state index in [9.17, 15) is 8.42 Å². The maximum absolute atomic E-state index is 11.6. The van der Waals surface area contributed by atoms with Crippen molar-refractivity contribution in [3.8, 4) is 11.5 Å². The normalized spacial score (nSPS) is 16.2. The summed E-state index contributed by atoms with van der Waals surface area (Å²) < 4.78 is 34.1. The Bertz CT molecular complexity index is 1210. The van der Waals surface area contributed by atoms with Gasteiger partial charge < -0.3 is 9.47 Å². The summed E-state index contributed by atoms with van der Waals surface area (Å²) in [4.78, 5) is 0.0605. The van der Waals surface area contributed by atoms with Crippen molar-refractivity contribution in [1.29, 1.82) is 0 Å². The van der Waals surface area contributed by atoms with Crippen molar-refractivity contribution in [2.45, 2.75) is 17.4 Å². The smallest absolute Gasteiger partial charge is 0.238 e. The van der Waals surface area contributed by atoms with Crippen LogP contribution in [0.15, 0.2) is 82.8 Å². The average molecular weight is 438 g/mol. The lowest BCUT2D eigenvalue weighted by molar-refractivity contribution is 0.354. The van der Waals surface area contributed by atoms with E-state index in [0.29, 0.717) is 17.9 Å². The molecular formula is C23H23N3O4S. The van der Waals surface area contributed by atoms with Gasteiger partial charge in [0.1, 0.15) is 0 Å². The summed E-state index contributed by atoms with van der Waals surface area (Å²) >= 11 is 0. The fourth-order valence-corrected chi connectivity index (χ4v) is 4.18. The molecule has 4 rings (SSSR count). The van der Waals surface area contributed by atoms with Gasteiger partial charge in [0.25, 0.3) is 0 Å². The van der Waals surface area contributed by atoms with E-state index < -0.39 is 10.0 Å². The number of primary sulfonamides is 1. The number of hydrogen-bond acceptors (Lipinski definition) is 6. The van der Waals surface area contributed by atoms with Gasteiger partial charge in [0.2, 0.25) is 10.0 Å². The minimum Gasteiger partial charge on any atom is -0.493 e. The van der Waals surface area contributed by atoms with Crippen molar-refractivity contribution < 1.29 is 17.9 Å². The molecule has 0 amide bonds. The predicted octanol–water partition coefficient (Wildman–Crippen LogP) is 3.71. The molecule has 3 aromatic rings. The lowest BCUT2D eigenvalue weighted by Crippen LogP contribution is -2.19. The Morgan fingerprint density at radius 3 is 2.23 bits per heavy atom. The van der Waals surface area contributed by atoms with Gasteiger partial charge in [-0.1, -0.05) is 36.4 Å². The molecule has 0 unspecified atom stereocenters. The number of benzene rings is 3. The maximum atomic E-state index is 11.6.